The predicted octanol–water partition coefficient (Wildman–Crippen LogP) is 11.8. The van der Waals surface area contributed by atoms with Gasteiger partial charge in [-0.25, -0.2) is 0 Å². The van der Waals surface area contributed by atoms with Crippen LogP contribution in [-0.2, 0) is 0 Å². The molecular weight excluding hydrogens is 571 g/mol. The summed E-state index contributed by atoms with van der Waals surface area (Å²) in [5.41, 5.74) is 10.4. The van der Waals surface area contributed by atoms with Crippen molar-refractivity contribution in [3.05, 3.63) is 176 Å². The molecule has 9 aromatic rings. The predicted molar refractivity (Wildman–Crippen MR) is 197 cm³/mol. The lowest BCUT2D eigenvalue weighted by molar-refractivity contribution is 1.23. The van der Waals surface area contributed by atoms with Crippen molar-refractivity contribution in [2.45, 2.75) is 0 Å². The van der Waals surface area contributed by atoms with E-state index in [2.05, 4.69) is 148 Å². The van der Waals surface area contributed by atoms with Gasteiger partial charge in [-0.2, -0.15) is 0 Å². The Balaban J connectivity index is 1.14. The molecule has 0 aliphatic carbocycles. The Morgan fingerprint density at radius 2 is 0.851 bits per heavy atom. The van der Waals surface area contributed by atoms with Gasteiger partial charge in [0.15, 0.2) is 0 Å². The average molecular weight is 600 g/mol. The van der Waals surface area contributed by atoms with Crippen molar-refractivity contribution >= 4 is 49.4 Å². The molecule has 3 nitrogen and oxygen atoms in total. The van der Waals surface area contributed by atoms with Crippen LogP contribution in [0.15, 0.2) is 176 Å². The Hall–Kier alpha value is -6.32. The highest BCUT2D eigenvalue weighted by atomic mass is 15.1. The summed E-state index contributed by atoms with van der Waals surface area (Å²) in [6.07, 6.45) is 7.44. The number of hydrogen-bond donors (Lipinski definition) is 0. The summed E-state index contributed by atoms with van der Waals surface area (Å²) >= 11 is 0. The molecular formula is C44H29N3. The minimum atomic E-state index is 1.02. The van der Waals surface area contributed by atoms with E-state index in [1.807, 2.05) is 43.0 Å². The van der Waals surface area contributed by atoms with Gasteiger partial charge in [-0.05, 0) is 108 Å². The van der Waals surface area contributed by atoms with E-state index in [0.29, 0.717) is 0 Å². The van der Waals surface area contributed by atoms with Crippen LogP contribution in [0.2, 0.25) is 0 Å². The Morgan fingerprint density at radius 1 is 0.340 bits per heavy atom. The van der Waals surface area contributed by atoms with Crippen LogP contribution < -0.4 is 4.90 Å². The highest BCUT2D eigenvalue weighted by Gasteiger charge is 2.16. The zero-order chi connectivity index (χ0) is 31.2. The van der Waals surface area contributed by atoms with E-state index < -0.39 is 0 Å². The van der Waals surface area contributed by atoms with Crippen LogP contribution in [0, 0.1) is 0 Å². The molecule has 220 valence electrons. The quantitative estimate of drug-likeness (QED) is 0.178. The van der Waals surface area contributed by atoms with Crippen LogP contribution >= 0.6 is 0 Å². The molecule has 7 aromatic carbocycles. The molecule has 0 aliphatic heterocycles. The molecule has 0 spiro atoms. The van der Waals surface area contributed by atoms with E-state index in [9.17, 15) is 0 Å². The fourth-order valence-corrected chi connectivity index (χ4v) is 6.98. The van der Waals surface area contributed by atoms with Crippen molar-refractivity contribution < 1.29 is 0 Å². The van der Waals surface area contributed by atoms with E-state index in [-0.39, 0.29) is 0 Å². The monoisotopic (exact) mass is 599 g/mol. The van der Waals surface area contributed by atoms with Crippen LogP contribution in [0.5, 0.6) is 0 Å². The van der Waals surface area contributed by atoms with E-state index in [1.54, 1.807) is 0 Å². The molecule has 0 atom stereocenters. The Labute approximate surface area is 273 Å². The van der Waals surface area contributed by atoms with E-state index >= 15 is 0 Å². The van der Waals surface area contributed by atoms with Crippen molar-refractivity contribution in [2.75, 3.05) is 4.90 Å². The first-order valence-electron chi connectivity index (χ1n) is 15.9. The summed E-state index contributed by atoms with van der Waals surface area (Å²) < 4.78 is 0. The van der Waals surface area contributed by atoms with Gasteiger partial charge in [0.05, 0.1) is 11.9 Å². The summed E-state index contributed by atoms with van der Waals surface area (Å²) in [6, 6.07) is 54.5. The molecule has 0 radical (unpaired) electrons. The maximum atomic E-state index is 4.39. The minimum absolute atomic E-state index is 1.02. The number of aromatic nitrogens is 2. The number of anilines is 3. The molecule has 0 saturated heterocycles. The first-order valence-corrected chi connectivity index (χ1v) is 15.9. The summed E-state index contributed by atoms with van der Waals surface area (Å²) in [7, 11) is 0. The topological polar surface area (TPSA) is 29.0 Å². The molecule has 0 bridgehead atoms. The number of rotatable bonds is 6. The molecule has 0 saturated carbocycles. The minimum Gasteiger partial charge on any atom is -0.309 e. The zero-order valence-electron chi connectivity index (χ0n) is 25.6. The van der Waals surface area contributed by atoms with E-state index in [1.165, 1.54) is 60.1 Å². The van der Waals surface area contributed by atoms with Crippen molar-refractivity contribution in [3.8, 4) is 33.4 Å². The molecule has 0 fully saturated rings. The summed E-state index contributed by atoms with van der Waals surface area (Å²) in [5, 5.41) is 7.70. The van der Waals surface area contributed by atoms with Crippen molar-refractivity contribution in [1.82, 2.24) is 9.97 Å². The van der Waals surface area contributed by atoms with E-state index in [0.717, 1.165) is 22.6 Å². The van der Waals surface area contributed by atoms with Crippen molar-refractivity contribution in [1.29, 1.82) is 0 Å². The molecule has 47 heavy (non-hydrogen) atoms. The fraction of sp³-hybridized carbons (Fsp3) is 0. The van der Waals surface area contributed by atoms with Crippen LogP contribution in [0.4, 0.5) is 17.1 Å². The lowest BCUT2D eigenvalue weighted by atomic mass is 9.87. The largest absolute Gasteiger partial charge is 0.309 e. The van der Waals surface area contributed by atoms with Crippen LogP contribution in [0.1, 0.15) is 0 Å². The van der Waals surface area contributed by atoms with Gasteiger partial charge < -0.3 is 4.90 Å². The highest BCUT2D eigenvalue weighted by Crippen LogP contribution is 2.43. The Kier molecular flexibility index (Phi) is 6.46. The number of pyridine rings is 2. The second kappa shape index (κ2) is 11.2. The number of benzene rings is 7. The summed E-state index contributed by atoms with van der Waals surface area (Å²) in [6.45, 7) is 0. The number of nitrogens with zero attached hydrogens (tertiary/aromatic N) is 3. The third-order valence-electron chi connectivity index (χ3n) is 9.21. The lowest BCUT2D eigenvalue weighted by Gasteiger charge is -2.25. The van der Waals surface area contributed by atoms with Gasteiger partial charge in [0, 0.05) is 30.0 Å². The van der Waals surface area contributed by atoms with Gasteiger partial charge in [-0.1, -0.05) is 109 Å². The smallest absolute Gasteiger partial charge is 0.0644 e. The van der Waals surface area contributed by atoms with Gasteiger partial charge >= 0.3 is 0 Å². The summed E-state index contributed by atoms with van der Waals surface area (Å²) in [5.74, 6) is 0. The maximum absolute atomic E-state index is 4.39. The fourth-order valence-electron chi connectivity index (χ4n) is 6.98. The van der Waals surface area contributed by atoms with Gasteiger partial charge in [0.2, 0.25) is 0 Å². The molecule has 2 aromatic heterocycles. The standard InChI is InChI=1S/C44H29N3/c1-2-7-36(8-3-1)47(38-9-5-27-46-29-38)37-20-14-32(15-21-37)40-23-17-34-18-24-41-39(22-16-33-19-25-42(40)44(34)43(33)41)31-12-10-30(11-13-31)35-6-4-26-45-28-35/h1-29H. The van der Waals surface area contributed by atoms with Crippen molar-refractivity contribution in [3.63, 3.8) is 0 Å². The average Bonchev–Trinajstić information content (AvgIpc) is 3.15. The number of hydrogen-bond acceptors (Lipinski definition) is 3. The van der Waals surface area contributed by atoms with Crippen molar-refractivity contribution in [2.24, 2.45) is 0 Å². The van der Waals surface area contributed by atoms with Gasteiger partial charge in [-0.3, -0.25) is 9.97 Å². The van der Waals surface area contributed by atoms with Gasteiger partial charge in [0.1, 0.15) is 0 Å². The SMILES string of the molecule is c1ccc(N(c2ccc(-c3ccc4ccc5c(-c6ccc(-c7cccnc7)cc6)ccc6ccc3c4c65)cc2)c2cccnc2)cc1. The Morgan fingerprint density at radius 3 is 1.43 bits per heavy atom. The molecule has 9 rings (SSSR count). The third kappa shape index (κ3) is 4.68. The second-order valence-corrected chi connectivity index (χ2v) is 11.9. The van der Waals surface area contributed by atoms with E-state index in [4.69, 9.17) is 0 Å². The van der Waals surface area contributed by atoms with Crippen LogP contribution in [0.3, 0.4) is 0 Å². The molecule has 0 N–H and O–H groups in total. The third-order valence-corrected chi connectivity index (χ3v) is 9.21. The molecule has 2 heterocycles. The number of para-hydroxylation sites is 1. The highest BCUT2D eigenvalue weighted by molar-refractivity contribution is 6.27. The normalized spacial score (nSPS) is 11.4. The molecule has 3 heteroatoms. The first-order chi connectivity index (χ1) is 23.3. The van der Waals surface area contributed by atoms with Crippen LogP contribution in [0.25, 0.3) is 65.7 Å². The molecule has 0 amide bonds. The van der Waals surface area contributed by atoms with Gasteiger partial charge in [0.25, 0.3) is 0 Å². The van der Waals surface area contributed by atoms with Gasteiger partial charge in [-0.15, -0.1) is 0 Å². The molecule has 0 unspecified atom stereocenters. The maximum Gasteiger partial charge on any atom is 0.0644 e. The zero-order valence-corrected chi connectivity index (χ0v) is 25.6. The second-order valence-electron chi connectivity index (χ2n) is 11.9. The van der Waals surface area contributed by atoms with Crippen LogP contribution in [-0.4, -0.2) is 9.97 Å². The summed E-state index contributed by atoms with van der Waals surface area (Å²) in [4.78, 5) is 10.9. The lowest BCUT2D eigenvalue weighted by Crippen LogP contribution is -2.09. The molecule has 0 aliphatic rings. The Bertz CT molecular complexity index is 2430. The first kappa shape index (κ1) is 27.0.